The van der Waals surface area contributed by atoms with Gasteiger partial charge in [0, 0.05) is 21.4 Å². The summed E-state index contributed by atoms with van der Waals surface area (Å²) in [5.41, 5.74) is 2.28. The van der Waals surface area contributed by atoms with Gasteiger partial charge < -0.3 is 5.32 Å². The molecule has 5 nitrogen and oxygen atoms in total. The van der Waals surface area contributed by atoms with E-state index in [1.807, 2.05) is 19.1 Å². The molecule has 3 aromatic carbocycles. The van der Waals surface area contributed by atoms with Gasteiger partial charge in [-0.3, -0.25) is 9.52 Å². The fraction of sp³-hybridized carbons (Fsp3) is 0.0500. The smallest absolute Gasteiger partial charge is 0.261 e. The predicted octanol–water partition coefficient (Wildman–Crippen LogP) is 4.81. The minimum atomic E-state index is -3.71. The van der Waals surface area contributed by atoms with Gasteiger partial charge >= 0.3 is 0 Å². The molecule has 0 aromatic heterocycles. The van der Waals surface area contributed by atoms with E-state index in [4.69, 9.17) is 0 Å². The number of benzene rings is 3. The summed E-state index contributed by atoms with van der Waals surface area (Å²) in [4.78, 5) is 12.7. The lowest BCUT2D eigenvalue weighted by atomic mass is 10.1. The molecule has 0 unspecified atom stereocenters. The van der Waals surface area contributed by atoms with Crippen LogP contribution in [-0.4, -0.2) is 14.3 Å². The molecule has 3 rings (SSSR count). The molecule has 3 aromatic rings. The van der Waals surface area contributed by atoms with Crippen molar-refractivity contribution in [2.45, 2.75) is 11.8 Å². The quantitative estimate of drug-likeness (QED) is 0.592. The molecular formula is C20H17BrN2O3S. The van der Waals surface area contributed by atoms with Crippen LogP contribution in [0.1, 0.15) is 15.9 Å². The molecule has 0 fully saturated rings. The van der Waals surface area contributed by atoms with Crippen molar-refractivity contribution in [1.29, 1.82) is 0 Å². The highest BCUT2D eigenvalue weighted by Crippen LogP contribution is 2.22. The van der Waals surface area contributed by atoms with Crippen LogP contribution < -0.4 is 10.0 Å². The highest BCUT2D eigenvalue weighted by atomic mass is 79.9. The third kappa shape index (κ3) is 4.75. The van der Waals surface area contributed by atoms with Crippen molar-refractivity contribution in [1.82, 2.24) is 0 Å². The van der Waals surface area contributed by atoms with Gasteiger partial charge in [-0.15, -0.1) is 0 Å². The molecule has 0 radical (unpaired) electrons. The van der Waals surface area contributed by atoms with E-state index >= 15 is 0 Å². The summed E-state index contributed by atoms with van der Waals surface area (Å²) in [6.07, 6.45) is 0. The van der Waals surface area contributed by atoms with Crippen LogP contribution in [0.3, 0.4) is 0 Å². The molecule has 0 saturated carbocycles. The topological polar surface area (TPSA) is 75.3 Å². The van der Waals surface area contributed by atoms with E-state index in [0.717, 1.165) is 10.0 Å². The molecule has 7 heteroatoms. The standard InChI is InChI=1S/C20H17BrN2O3S/c1-14-12-16(21)10-11-19(14)22-20(24)15-6-5-7-17(13-15)23-27(25,26)18-8-3-2-4-9-18/h2-13,23H,1H3,(H,22,24). The SMILES string of the molecule is Cc1cc(Br)ccc1NC(=O)c1cccc(NS(=O)(=O)c2ccccc2)c1. The maximum atomic E-state index is 12.5. The fourth-order valence-corrected chi connectivity index (χ4v) is 4.05. The third-order valence-electron chi connectivity index (χ3n) is 3.87. The summed E-state index contributed by atoms with van der Waals surface area (Å²) in [7, 11) is -3.71. The van der Waals surface area contributed by atoms with Gasteiger partial charge in [0.15, 0.2) is 0 Å². The van der Waals surface area contributed by atoms with Gasteiger partial charge in [0.25, 0.3) is 15.9 Å². The Balaban J connectivity index is 1.80. The summed E-state index contributed by atoms with van der Waals surface area (Å²) in [6.45, 7) is 1.89. The molecule has 0 aliphatic heterocycles. The lowest BCUT2D eigenvalue weighted by Gasteiger charge is -2.11. The first-order valence-electron chi connectivity index (χ1n) is 8.10. The molecule has 1 amide bonds. The normalized spacial score (nSPS) is 11.0. The van der Waals surface area contributed by atoms with E-state index in [1.165, 1.54) is 18.2 Å². The molecule has 0 aliphatic rings. The number of carbonyl (C=O) groups excluding carboxylic acids is 1. The zero-order valence-electron chi connectivity index (χ0n) is 14.4. The largest absolute Gasteiger partial charge is 0.322 e. The number of hydrogen-bond donors (Lipinski definition) is 2. The Labute approximate surface area is 166 Å². The first-order valence-corrected chi connectivity index (χ1v) is 10.4. The third-order valence-corrected chi connectivity index (χ3v) is 5.76. The van der Waals surface area contributed by atoms with Crippen LogP contribution in [-0.2, 0) is 10.0 Å². The lowest BCUT2D eigenvalue weighted by molar-refractivity contribution is 0.102. The minimum absolute atomic E-state index is 0.158. The maximum Gasteiger partial charge on any atom is 0.261 e. The van der Waals surface area contributed by atoms with E-state index < -0.39 is 10.0 Å². The summed E-state index contributed by atoms with van der Waals surface area (Å²) in [6, 6.07) is 20.0. The Morgan fingerprint density at radius 2 is 1.67 bits per heavy atom. The van der Waals surface area contributed by atoms with Crippen LogP contribution in [0, 0.1) is 6.92 Å². The van der Waals surface area contributed by atoms with E-state index in [-0.39, 0.29) is 10.8 Å². The summed E-state index contributed by atoms with van der Waals surface area (Å²) >= 11 is 3.39. The van der Waals surface area contributed by atoms with Crippen molar-refractivity contribution in [2.75, 3.05) is 10.0 Å². The number of sulfonamides is 1. The number of nitrogens with one attached hydrogen (secondary N) is 2. The maximum absolute atomic E-state index is 12.5. The molecule has 0 spiro atoms. The Kier molecular flexibility index (Phi) is 5.62. The van der Waals surface area contributed by atoms with Crippen LogP contribution in [0.15, 0.2) is 82.2 Å². The lowest BCUT2D eigenvalue weighted by Crippen LogP contribution is -2.15. The van der Waals surface area contributed by atoms with Crippen molar-refractivity contribution in [2.24, 2.45) is 0 Å². The molecule has 0 saturated heterocycles. The number of carbonyl (C=O) groups is 1. The van der Waals surface area contributed by atoms with Crippen molar-refractivity contribution in [3.63, 3.8) is 0 Å². The molecule has 27 heavy (non-hydrogen) atoms. The van der Waals surface area contributed by atoms with Crippen LogP contribution in [0.5, 0.6) is 0 Å². The first-order chi connectivity index (χ1) is 12.8. The van der Waals surface area contributed by atoms with Gasteiger partial charge in [0.2, 0.25) is 0 Å². The van der Waals surface area contributed by atoms with Crippen LogP contribution in [0.2, 0.25) is 0 Å². The summed E-state index contributed by atoms with van der Waals surface area (Å²) in [5.74, 6) is -0.318. The first kappa shape index (κ1) is 19.1. The van der Waals surface area contributed by atoms with E-state index in [2.05, 4.69) is 26.0 Å². The molecular weight excluding hydrogens is 428 g/mol. The zero-order chi connectivity index (χ0) is 19.4. The van der Waals surface area contributed by atoms with E-state index in [1.54, 1.807) is 42.5 Å². The number of rotatable bonds is 5. The van der Waals surface area contributed by atoms with Crippen LogP contribution >= 0.6 is 15.9 Å². The van der Waals surface area contributed by atoms with Crippen LogP contribution in [0.4, 0.5) is 11.4 Å². The summed E-state index contributed by atoms with van der Waals surface area (Å²) in [5, 5.41) is 2.84. The Hall–Kier alpha value is -2.64. The van der Waals surface area contributed by atoms with Gasteiger partial charge in [-0.05, 0) is 61.0 Å². The van der Waals surface area contributed by atoms with Crippen LogP contribution in [0.25, 0.3) is 0 Å². The molecule has 0 atom stereocenters. The van der Waals surface area contributed by atoms with Gasteiger partial charge in [-0.1, -0.05) is 40.2 Å². The monoisotopic (exact) mass is 444 g/mol. The number of halogens is 1. The second-order valence-electron chi connectivity index (χ2n) is 5.91. The highest BCUT2D eigenvalue weighted by molar-refractivity contribution is 9.10. The Morgan fingerprint density at radius 1 is 0.926 bits per heavy atom. The van der Waals surface area contributed by atoms with Crippen molar-refractivity contribution in [3.05, 3.63) is 88.4 Å². The molecule has 0 bridgehead atoms. The second kappa shape index (κ2) is 7.94. The van der Waals surface area contributed by atoms with E-state index in [0.29, 0.717) is 16.9 Å². The van der Waals surface area contributed by atoms with E-state index in [9.17, 15) is 13.2 Å². The highest BCUT2D eigenvalue weighted by Gasteiger charge is 2.15. The van der Waals surface area contributed by atoms with Gasteiger partial charge in [-0.25, -0.2) is 8.42 Å². The summed E-state index contributed by atoms with van der Waals surface area (Å²) < 4.78 is 28.3. The number of hydrogen-bond acceptors (Lipinski definition) is 3. The number of amides is 1. The molecule has 0 heterocycles. The number of anilines is 2. The van der Waals surface area contributed by atoms with Crippen molar-refractivity contribution >= 4 is 43.2 Å². The number of aryl methyl sites for hydroxylation is 1. The van der Waals surface area contributed by atoms with Gasteiger partial charge in [-0.2, -0.15) is 0 Å². The Morgan fingerprint density at radius 3 is 2.37 bits per heavy atom. The van der Waals surface area contributed by atoms with Crippen molar-refractivity contribution in [3.8, 4) is 0 Å². The second-order valence-corrected chi connectivity index (χ2v) is 8.51. The molecule has 2 N–H and O–H groups in total. The predicted molar refractivity (Wildman–Crippen MR) is 111 cm³/mol. The van der Waals surface area contributed by atoms with Crippen molar-refractivity contribution < 1.29 is 13.2 Å². The zero-order valence-corrected chi connectivity index (χ0v) is 16.8. The molecule has 0 aliphatic carbocycles. The fourth-order valence-electron chi connectivity index (χ4n) is 2.50. The average molecular weight is 445 g/mol. The van der Waals surface area contributed by atoms with Gasteiger partial charge in [0.05, 0.1) is 4.90 Å². The average Bonchev–Trinajstić information content (AvgIpc) is 2.64. The molecule has 138 valence electrons. The van der Waals surface area contributed by atoms with Gasteiger partial charge in [0.1, 0.15) is 0 Å². The minimum Gasteiger partial charge on any atom is -0.322 e. The Bertz CT molecular complexity index is 1080.